The Morgan fingerprint density at radius 2 is 1.56 bits per heavy atom. The topological polar surface area (TPSA) is 0 Å². The van der Waals surface area contributed by atoms with Gasteiger partial charge in [-0.15, -0.1) is 5.98 Å². The summed E-state index contributed by atoms with van der Waals surface area (Å²) in [7, 11) is 0. The molecule has 1 heteroatoms. The fourth-order valence-electron chi connectivity index (χ4n) is 3.09. The zero-order valence-electron chi connectivity index (χ0n) is 12.5. The summed E-state index contributed by atoms with van der Waals surface area (Å²) in [5, 5.41) is 0. The molecule has 0 N–H and O–H groups in total. The van der Waals surface area contributed by atoms with E-state index in [-0.39, 0.29) is 0 Å². The van der Waals surface area contributed by atoms with Crippen LogP contribution in [0.4, 0.5) is 0 Å². The number of benzene rings is 1. The molecule has 0 atom stereocenters. The van der Waals surface area contributed by atoms with Crippen LogP contribution in [0.2, 0.25) is 12.6 Å². The van der Waals surface area contributed by atoms with E-state index >= 15 is 0 Å². The summed E-state index contributed by atoms with van der Waals surface area (Å²) in [6, 6.07) is 8.61. The van der Waals surface area contributed by atoms with Crippen molar-refractivity contribution in [3.05, 3.63) is 41.4 Å². The van der Waals surface area contributed by atoms with Crippen LogP contribution in [0.15, 0.2) is 30.2 Å². The molecule has 0 aliphatic carbocycles. The molecule has 0 unspecified atom stereocenters. The van der Waals surface area contributed by atoms with Gasteiger partial charge in [0, 0.05) is 0 Å². The zero-order valence-corrected chi connectivity index (χ0v) is 12.5. The van der Waals surface area contributed by atoms with Gasteiger partial charge in [0.1, 0.15) is 0 Å². The van der Waals surface area contributed by atoms with Crippen molar-refractivity contribution in [3.63, 3.8) is 0 Å². The standard InChI is InChI=1S/C17H25B/c1-14-8-6-7-9-15(14)10-11-18-12-16(2,3)17(4,5)13-18/h6-11H,12-13H2,1-5H3/b11-10+. The van der Waals surface area contributed by atoms with Gasteiger partial charge in [0.25, 0.3) is 0 Å². The van der Waals surface area contributed by atoms with E-state index in [4.69, 9.17) is 0 Å². The molecule has 0 amide bonds. The molecule has 1 heterocycles. The van der Waals surface area contributed by atoms with Crippen LogP contribution in [0.3, 0.4) is 0 Å². The fourth-order valence-corrected chi connectivity index (χ4v) is 3.09. The van der Waals surface area contributed by atoms with Crippen molar-refractivity contribution in [2.24, 2.45) is 10.8 Å². The molecule has 1 aromatic rings. The molecular formula is C17H25B. The summed E-state index contributed by atoms with van der Waals surface area (Å²) < 4.78 is 0. The van der Waals surface area contributed by atoms with E-state index in [0.29, 0.717) is 10.8 Å². The highest BCUT2D eigenvalue weighted by molar-refractivity contribution is 6.66. The summed E-state index contributed by atoms with van der Waals surface area (Å²) >= 11 is 0. The minimum Gasteiger partial charge on any atom is -0.114 e. The molecule has 0 radical (unpaired) electrons. The van der Waals surface area contributed by atoms with Gasteiger partial charge in [-0.3, -0.25) is 0 Å². The zero-order chi connectivity index (χ0) is 13.4. The summed E-state index contributed by atoms with van der Waals surface area (Å²) in [6.45, 7) is 12.6. The van der Waals surface area contributed by atoms with Crippen molar-refractivity contribution >= 4 is 12.8 Å². The highest BCUT2D eigenvalue weighted by atomic mass is 14.4. The van der Waals surface area contributed by atoms with Crippen LogP contribution >= 0.6 is 0 Å². The number of aryl methyl sites for hydroxylation is 1. The Bertz CT molecular complexity index is 438. The molecule has 2 rings (SSSR count). The summed E-state index contributed by atoms with van der Waals surface area (Å²) in [5.41, 5.74) is 3.63. The SMILES string of the molecule is Cc1ccccc1/C=C/B1CC(C)(C)C(C)(C)C1. The number of hydrogen-bond donors (Lipinski definition) is 0. The third-order valence-corrected chi connectivity index (χ3v) is 5.11. The molecule has 1 aromatic carbocycles. The van der Waals surface area contributed by atoms with E-state index in [1.54, 1.807) is 0 Å². The van der Waals surface area contributed by atoms with Gasteiger partial charge in [-0.25, -0.2) is 0 Å². The molecule has 0 aromatic heterocycles. The van der Waals surface area contributed by atoms with Gasteiger partial charge in [0.15, 0.2) is 6.71 Å². The molecule has 1 aliphatic heterocycles. The Morgan fingerprint density at radius 3 is 2.11 bits per heavy atom. The average Bonchev–Trinajstić information content (AvgIpc) is 2.46. The van der Waals surface area contributed by atoms with Crippen molar-refractivity contribution in [2.45, 2.75) is 47.3 Å². The Kier molecular flexibility index (Phi) is 3.44. The molecule has 0 saturated carbocycles. The van der Waals surface area contributed by atoms with Crippen molar-refractivity contribution in [2.75, 3.05) is 0 Å². The first-order chi connectivity index (χ1) is 8.32. The van der Waals surface area contributed by atoms with Crippen LogP contribution in [-0.2, 0) is 0 Å². The predicted octanol–water partition coefficient (Wildman–Crippen LogP) is 5.11. The summed E-state index contributed by atoms with van der Waals surface area (Å²) in [4.78, 5) is 0. The first kappa shape index (κ1) is 13.5. The smallest absolute Gasteiger partial charge is 0.114 e. The lowest BCUT2D eigenvalue weighted by Crippen LogP contribution is -2.24. The first-order valence-corrected chi connectivity index (χ1v) is 7.06. The molecular weight excluding hydrogens is 215 g/mol. The van der Waals surface area contributed by atoms with E-state index in [1.165, 1.54) is 23.8 Å². The molecule has 18 heavy (non-hydrogen) atoms. The van der Waals surface area contributed by atoms with Gasteiger partial charge >= 0.3 is 0 Å². The highest BCUT2D eigenvalue weighted by Crippen LogP contribution is 2.53. The Labute approximate surface area is 113 Å². The maximum absolute atomic E-state index is 2.43. The first-order valence-electron chi connectivity index (χ1n) is 7.06. The Balaban J connectivity index is 2.11. The number of rotatable bonds is 2. The Hall–Kier alpha value is -0.975. The minimum atomic E-state index is 0.452. The fraction of sp³-hybridized carbons (Fsp3) is 0.529. The molecule has 1 fully saturated rings. The summed E-state index contributed by atoms with van der Waals surface area (Å²) in [6.07, 6.45) is 4.93. The van der Waals surface area contributed by atoms with E-state index < -0.39 is 0 Å². The molecule has 1 aliphatic rings. The van der Waals surface area contributed by atoms with Crippen molar-refractivity contribution < 1.29 is 0 Å². The third-order valence-electron chi connectivity index (χ3n) is 5.11. The lowest BCUT2D eigenvalue weighted by molar-refractivity contribution is 0.177. The molecule has 96 valence electrons. The third kappa shape index (κ3) is 2.55. The van der Waals surface area contributed by atoms with Crippen LogP contribution in [0.25, 0.3) is 6.08 Å². The molecule has 1 saturated heterocycles. The van der Waals surface area contributed by atoms with E-state index in [1.807, 2.05) is 0 Å². The monoisotopic (exact) mass is 240 g/mol. The van der Waals surface area contributed by atoms with Gasteiger partial charge in [-0.1, -0.05) is 70.7 Å². The van der Waals surface area contributed by atoms with Gasteiger partial charge in [0.05, 0.1) is 0 Å². The van der Waals surface area contributed by atoms with Crippen LogP contribution in [0.5, 0.6) is 0 Å². The van der Waals surface area contributed by atoms with Gasteiger partial charge in [-0.2, -0.15) is 0 Å². The lowest BCUT2D eigenvalue weighted by atomic mass is 9.46. The van der Waals surface area contributed by atoms with E-state index in [2.05, 4.69) is 70.9 Å². The van der Waals surface area contributed by atoms with Gasteiger partial charge in [0.2, 0.25) is 0 Å². The largest absolute Gasteiger partial charge is 0.167 e. The minimum absolute atomic E-state index is 0.452. The van der Waals surface area contributed by atoms with Crippen molar-refractivity contribution in [1.82, 2.24) is 0 Å². The maximum Gasteiger partial charge on any atom is 0.167 e. The van der Waals surface area contributed by atoms with E-state index in [0.717, 1.165) is 6.71 Å². The quantitative estimate of drug-likeness (QED) is 0.630. The van der Waals surface area contributed by atoms with Gasteiger partial charge < -0.3 is 0 Å². The highest BCUT2D eigenvalue weighted by Gasteiger charge is 2.46. The second-order valence-electron chi connectivity index (χ2n) is 7.15. The van der Waals surface area contributed by atoms with Crippen LogP contribution < -0.4 is 0 Å². The van der Waals surface area contributed by atoms with Crippen LogP contribution in [0, 0.1) is 17.8 Å². The second-order valence-corrected chi connectivity index (χ2v) is 7.15. The second kappa shape index (κ2) is 4.61. The van der Waals surface area contributed by atoms with Gasteiger partial charge in [-0.05, 0) is 28.9 Å². The number of hydrogen-bond acceptors (Lipinski definition) is 0. The summed E-state index contributed by atoms with van der Waals surface area (Å²) in [5.74, 6) is 2.43. The molecule has 0 bridgehead atoms. The van der Waals surface area contributed by atoms with E-state index in [9.17, 15) is 0 Å². The maximum atomic E-state index is 2.43. The van der Waals surface area contributed by atoms with Crippen LogP contribution in [0.1, 0.15) is 38.8 Å². The van der Waals surface area contributed by atoms with Crippen molar-refractivity contribution in [3.8, 4) is 0 Å². The van der Waals surface area contributed by atoms with Crippen molar-refractivity contribution in [1.29, 1.82) is 0 Å². The molecule has 0 spiro atoms. The lowest BCUT2D eigenvalue weighted by Gasteiger charge is -2.35. The average molecular weight is 240 g/mol. The normalized spacial score (nSPS) is 21.7. The Morgan fingerprint density at radius 1 is 1.00 bits per heavy atom. The van der Waals surface area contributed by atoms with Crippen LogP contribution in [-0.4, -0.2) is 6.71 Å². The predicted molar refractivity (Wildman–Crippen MR) is 83.1 cm³/mol. The molecule has 0 nitrogen and oxygen atoms in total.